The highest BCUT2D eigenvalue weighted by molar-refractivity contribution is 5.27. The van der Waals surface area contributed by atoms with Crippen LogP contribution in [0.2, 0.25) is 0 Å². The lowest BCUT2D eigenvalue weighted by atomic mass is 10.2. The summed E-state index contributed by atoms with van der Waals surface area (Å²) in [6, 6.07) is 7.78. The first-order chi connectivity index (χ1) is 6.22. The van der Waals surface area contributed by atoms with E-state index >= 15 is 0 Å². The first kappa shape index (κ1) is 9.81. The highest BCUT2D eigenvalue weighted by Gasteiger charge is 1.93. The normalized spacial score (nSPS) is 9.69. The zero-order valence-corrected chi connectivity index (χ0v) is 7.92. The van der Waals surface area contributed by atoms with Gasteiger partial charge >= 0.3 is 0 Å². The number of hydrogen-bond acceptors (Lipinski definition) is 2. The fourth-order valence-electron chi connectivity index (χ4n) is 0.928. The highest BCUT2D eigenvalue weighted by atomic mass is 16.5. The number of ether oxygens (including phenoxy) is 1. The molecular weight excluding hydrogens is 162 g/mol. The Hall–Kier alpha value is -1.28. The molecule has 0 aromatic heterocycles. The minimum atomic E-state index is 0.570. The zero-order chi connectivity index (χ0) is 9.68. The van der Waals surface area contributed by atoms with Crippen LogP contribution in [0.4, 0.5) is 0 Å². The Labute approximate surface area is 79.0 Å². The van der Waals surface area contributed by atoms with Gasteiger partial charge in [0, 0.05) is 6.54 Å². The van der Waals surface area contributed by atoms with Crippen molar-refractivity contribution in [1.29, 1.82) is 0 Å². The summed E-state index contributed by atoms with van der Waals surface area (Å²) >= 11 is 0. The maximum atomic E-state index is 5.47. The molecule has 0 bridgehead atoms. The molecule has 0 saturated heterocycles. The van der Waals surface area contributed by atoms with Crippen LogP contribution in [0.25, 0.3) is 0 Å². The summed E-state index contributed by atoms with van der Waals surface area (Å²) in [6.45, 7) is 6.84. The number of nitrogens with two attached hydrogens (primary N) is 1. The number of hydrogen-bond donors (Lipinski definition) is 1. The van der Waals surface area contributed by atoms with E-state index in [0.717, 1.165) is 16.9 Å². The van der Waals surface area contributed by atoms with Gasteiger partial charge in [0.15, 0.2) is 0 Å². The highest BCUT2D eigenvalue weighted by Crippen LogP contribution is 2.12. The van der Waals surface area contributed by atoms with Crippen molar-refractivity contribution in [2.75, 3.05) is 6.61 Å². The van der Waals surface area contributed by atoms with Crippen LogP contribution in [0.5, 0.6) is 5.75 Å². The van der Waals surface area contributed by atoms with Gasteiger partial charge in [-0.1, -0.05) is 18.7 Å². The number of rotatable bonds is 4. The van der Waals surface area contributed by atoms with E-state index in [0.29, 0.717) is 13.2 Å². The molecule has 0 aliphatic rings. The SMILES string of the molecule is C=C(C)COc1ccc(CN)cc1. The smallest absolute Gasteiger partial charge is 0.119 e. The molecule has 70 valence electrons. The lowest BCUT2D eigenvalue weighted by molar-refractivity contribution is 0.352. The Morgan fingerprint density at radius 1 is 1.38 bits per heavy atom. The summed E-state index contributed by atoms with van der Waals surface area (Å²) in [4.78, 5) is 0. The first-order valence-electron chi connectivity index (χ1n) is 4.28. The third-order valence-electron chi connectivity index (χ3n) is 1.64. The minimum Gasteiger partial charge on any atom is -0.489 e. The van der Waals surface area contributed by atoms with Gasteiger partial charge in [-0.05, 0) is 30.2 Å². The summed E-state index contributed by atoms with van der Waals surface area (Å²) in [7, 11) is 0. The van der Waals surface area contributed by atoms with Crippen LogP contribution < -0.4 is 10.5 Å². The van der Waals surface area contributed by atoms with Crippen molar-refractivity contribution in [2.45, 2.75) is 13.5 Å². The molecule has 0 fully saturated rings. The van der Waals surface area contributed by atoms with E-state index in [1.807, 2.05) is 31.2 Å². The second-order valence-electron chi connectivity index (χ2n) is 3.09. The Kier molecular flexibility index (Phi) is 3.53. The molecule has 0 amide bonds. The van der Waals surface area contributed by atoms with Crippen molar-refractivity contribution in [3.63, 3.8) is 0 Å². The molecule has 2 nitrogen and oxygen atoms in total. The number of benzene rings is 1. The quantitative estimate of drug-likeness (QED) is 0.715. The second-order valence-corrected chi connectivity index (χ2v) is 3.09. The molecular formula is C11H15NO. The van der Waals surface area contributed by atoms with Crippen LogP contribution in [-0.2, 0) is 6.54 Å². The topological polar surface area (TPSA) is 35.2 Å². The third-order valence-corrected chi connectivity index (χ3v) is 1.64. The van der Waals surface area contributed by atoms with E-state index in [1.165, 1.54) is 0 Å². The van der Waals surface area contributed by atoms with Crippen LogP contribution in [0.15, 0.2) is 36.4 Å². The molecule has 2 heteroatoms. The van der Waals surface area contributed by atoms with Crippen molar-refractivity contribution in [3.8, 4) is 5.75 Å². The molecule has 1 aromatic carbocycles. The molecule has 0 atom stereocenters. The van der Waals surface area contributed by atoms with Gasteiger partial charge in [-0.15, -0.1) is 0 Å². The molecule has 0 unspecified atom stereocenters. The summed E-state index contributed by atoms with van der Waals surface area (Å²) in [5, 5.41) is 0. The van der Waals surface area contributed by atoms with Crippen LogP contribution >= 0.6 is 0 Å². The average molecular weight is 177 g/mol. The van der Waals surface area contributed by atoms with Gasteiger partial charge < -0.3 is 10.5 Å². The van der Waals surface area contributed by atoms with Gasteiger partial charge in [-0.3, -0.25) is 0 Å². The maximum Gasteiger partial charge on any atom is 0.119 e. The van der Waals surface area contributed by atoms with Gasteiger partial charge in [-0.2, -0.15) is 0 Å². The van der Waals surface area contributed by atoms with Gasteiger partial charge in [0.2, 0.25) is 0 Å². The summed E-state index contributed by atoms with van der Waals surface area (Å²) in [6.07, 6.45) is 0. The summed E-state index contributed by atoms with van der Waals surface area (Å²) < 4.78 is 5.43. The summed E-state index contributed by atoms with van der Waals surface area (Å²) in [5.41, 5.74) is 7.60. The zero-order valence-electron chi connectivity index (χ0n) is 7.92. The Bertz CT molecular complexity index is 277. The minimum absolute atomic E-state index is 0.570. The van der Waals surface area contributed by atoms with Crippen molar-refractivity contribution in [1.82, 2.24) is 0 Å². The van der Waals surface area contributed by atoms with E-state index < -0.39 is 0 Å². The molecule has 2 N–H and O–H groups in total. The van der Waals surface area contributed by atoms with Gasteiger partial charge in [0.05, 0.1) is 0 Å². The maximum absolute atomic E-state index is 5.47. The molecule has 0 radical (unpaired) electrons. The van der Waals surface area contributed by atoms with E-state index in [1.54, 1.807) is 0 Å². The van der Waals surface area contributed by atoms with E-state index in [-0.39, 0.29) is 0 Å². The Morgan fingerprint density at radius 3 is 2.46 bits per heavy atom. The standard InChI is InChI=1S/C11H15NO/c1-9(2)8-13-11-5-3-10(7-12)4-6-11/h3-6H,1,7-8,12H2,2H3. The van der Waals surface area contributed by atoms with Crippen LogP contribution in [-0.4, -0.2) is 6.61 Å². The fourth-order valence-corrected chi connectivity index (χ4v) is 0.928. The molecule has 0 heterocycles. The van der Waals surface area contributed by atoms with Crippen molar-refractivity contribution in [2.24, 2.45) is 5.73 Å². The van der Waals surface area contributed by atoms with E-state index in [2.05, 4.69) is 6.58 Å². The van der Waals surface area contributed by atoms with E-state index in [9.17, 15) is 0 Å². The monoisotopic (exact) mass is 177 g/mol. The van der Waals surface area contributed by atoms with Gasteiger partial charge in [0.1, 0.15) is 12.4 Å². The largest absolute Gasteiger partial charge is 0.489 e. The molecule has 1 rings (SSSR count). The van der Waals surface area contributed by atoms with Gasteiger partial charge in [0.25, 0.3) is 0 Å². The Morgan fingerprint density at radius 2 is 2.00 bits per heavy atom. The fraction of sp³-hybridized carbons (Fsp3) is 0.273. The van der Waals surface area contributed by atoms with E-state index in [4.69, 9.17) is 10.5 Å². The predicted molar refractivity (Wildman–Crippen MR) is 54.6 cm³/mol. The molecule has 13 heavy (non-hydrogen) atoms. The van der Waals surface area contributed by atoms with Crippen LogP contribution in [0.1, 0.15) is 12.5 Å². The lowest BCUT2D eigenvalue weighted by Gasteiger charge is -2.05. The van der Waals surface area contributed by atoms with Crippen LogP contribution in [0, 0.1) is 0 Å². The van der Waals surface area contributed by atoms with Crippen molar-refractivity contribution < 1.29 is 4.74 Å². The van der Waals surface area contributed by atoms with Crippen molar-refractivity contribution in [3.05, 3.63) is 42.0 Å². The predicted octanol–water partition coefficient (Wildman–Crippen LogP) is 2.10. The lowest BCUT2D eigenvalue weighted by Crippen LogP contribution is -1.99. The second kappa shape index (κ2) is 4.67. The third kappa shape index (κ3) is 3.30. The molecule has 0 aliphatic carbocycles. The average Bonchev–Trinajstić information content (AvgIpc) is 2.15. The molecule has 1 aromatic rings. The molecule has 0 spiro atoms. The van der Waals surface area contributed by atoms with Crippen LogP contribution in [0.3, 0.4) is 0 Å². The summed E-state index contributed by atoms with van der Waals surface area (Å²) in [5.74, 6) is 0.861. The molecule has 0 aliphatic heterocycles. The van der Waals surface area contributed by atoms with Crippen molar-refractivity contribution >= 4 is 0 Å². The first-order valence-corrected chi connectivity index (χ1v) is 4.28. The molecule has 0 saturated carbocycles. The van der Waals surface area contributed by atoms with Gasteiger partial charge in [-0.25, -0.2) is 0 Å². The Balaban J connectivity index is 2.54.